The number of likely N-dealkylation sites (tertiary alicyclic amines) is 1. The van der Waals surface area contributed by atoms with Crippen LogP contribution >= 0.6 is 0 Å². The fraction of sp³-hybridized carbons (Fsp3) is 1.00. The summed E-state index contributed by atoms with van der Waals surface area (Å²) < 4.78 is 5.42. The highest BCUT2D eigenvalue weighted by molar-refractivity contribution is 4.81. The van der Waals surface area contributed by atoms with Crippen molar-refractivity contribution in [3.8, 4) is 0 Å². The Morgan fingerprint density at radius 3 is 2.85 bits per heavy atom. The topological polar surface area (TPSA) is 32.7 Å². The zero-order valence-electron chi connectivity index (χ0n) is 8.11. The van der Waals surface area contributed by atoms with Crippen molar-refractivity contribution in [3.05, 3.63) is 0 Å². The molecule has 13 heavy (non-hydrogen) atoms. The number of hydrogen-bond donors (Lipinski definition) is 1. The standard InChI is InChI=1S/C10H19NO2/c12-10-3-5-11(8-10)9-2-1-6-13-7-4-9/h9-10,12H,1-8H2/t9?,10-/m0/s1. The van der Waals surface area contributed by atoms with Crippen molar-refractivity contribution in [2.24, 2.45) is 0 Å². The van der Waals surface area contributed by atoms with E-state index in [4.69, 9.17) is 4.74 Å². The Morgan fingerprint density at radius 2 is 2.08 bits per heavy atom. The summed E-state index contributed by atoms with van der Waals surface area (Å²) in [4.78, 5) is 2.43. The van der Waals surface area contributed by atoms with Crippen molar-refractivity contribution in [2.75, 3.05) is 26.3 Å². The van der Waals surface area contributed by atoms with E-state index < -0.39 is 0 Å². The largest absolute Gasteiger partial charge is 0.392 e. The van der Waals surface area contributed by atoms with Crippen LogP contribution in [0.3, 0.4) is 0 Å². The predicted molar refractivity (Wildman–Crippen MR) is 50.7 cm³/mol. The highest BCUT2D eigenvalue weighted by Gasteiger charge is 2.27. The van der Waals surface area contributed by atoms with Gasteiger partial charge in [0, 0.05) is 32.3 Å². The number of nitrogens with zero attached hydrogens (tertiary/aromatic N) is 1. The molecule has 3 nitrogen and oxygen atoms in total. The third-order valence-corrected chi connectivity index (χ3v) is 3.13. The molecule has 2 fully saturated rings. The summed E-state index contributed by atoms with van der Waals surface area (Å²) in [6.07, 6.45) is 4.44. The zero-order chi connectivity index (χ0) is 9.10. The number of rotatable bonds is 1. The van der Waals surface area contributed by atoms with Gasteiger partial charge >= 0.3 is 0 Å². The maximum Gasteiger partial charge on any atom is 0.0679 e. The van der Waals surface area contributed by atoms with Crippen LogP contribution in [0, 0.1) is 0 Å². The summed E-state index contributed by atoms with van der Waals surface area (Å²) in [7, 11) is 0. The molecular formula is C10H19NO2. The monoisotopic (exact) mass is 185 g/mol. The Labute approximate surface area is 79.7 Å². The molecule has 2 aliphatic rings. The smallest absolute Gasteiger partial charge is 0.0679 e. The summed E-state index contributed by atoms with van der Waals surface area (Å²) in [6, 6.07) is 0.666. The minimum absolute atomic E-state index is 0.0795. The van der Waals surface area contributed by atoms with E-state index in [0.717, 1.165) is 39.1 Å². The van der Waals surface area contributed by atoms with E-state index in [1.54, 1.807) is 0 Å². The first-order valence-corrected chi connectivity index (χ1v) is 5.36. The van der Waals surface area contributed by atoms with E-state index >= 15 is 0 Å². The molecule has 0 aliphatic carbocycles. The quantitative estimate of drug-likeness (QED) is 0.650. The summed E-state index contributed by atoms with van der Waals surface area (Å²) in [5.74, 6) is 0. The van der Waals surface area contributed by atoms with Crippen LogP contribution in [-0.2, 0) is 4.74 Å². The molecule has 3 heteroatoms. The van der Waals surface area contributed by atoms with Crippen molar-refractivity contribution in [1.82, 2.24) is 4.90 Å². The summed E-state index contributed by atoms with van der Waals surface area (Å²) in [6.45, 7) is 3.78. The maximum absolute atomic E-state index is 9.43. The molecule has 2 rings (SSSR count). The predicted octanol–water partition coefficient (Wildman–Crippen LogP) is 0.622. The molecule has 2 atom stereocenters. The normalized spacial score (nSPS) is 37.6. The average Bonchev–Trinajstić information content (AvgIpc) is 2.43. The van der Waals surface area contributed by atoms with E-state index in [1.165, 1.54) is 12.8 Å². The van der Waals surface area contributed by atoms with Crippen molar-refractivity contribution < 1.29 is 9.84 Å². The van der Waals surface area contributed by atoms with Gasteiger partial charge in [-0.15, -0.1) is 0 Å². The molecule has 1 unspecified atom stereocenters. The minimum atomic E-state index is -0.0795. The van der Waals surface area contributed by atoms with Crippen LogP contribution in [0.4, 0.5) is 0 Å². The van der Waals surface area contributed by atoms with Crippen LogP contribution in [0.15, 0.2) is 0 Å². The van der Waals surface area contributed by atoms with Crippen molar-refractivity contribution in [2.45, 2.75) is 37.8 Å². The highest BCUT2D eigenvalue weighted by Crippen LogP contribution is 2.20. The second kappa shape index (κ2) is 4.40. The van der Waals surface area contributed by atoms with E-state index in [1.807, 2.05) is 0 Å². The van der Waals surface area contributed by atoms with Crippen LogP contribution in [0.1, 0.15) is 25.7 Å². The van der Waals surface area contributed by atoms with Crippen LogP contribution in [0.5, 0.6) is 0 Å². The first-order valence-electron chi connectivity index (χ1n) is 5.36. The minimum Gasteiger partial charge on any atom is -0.392 e. The molecule has 0 amide bonds. The number of ether oxygens (including phenoxy) is 1. The van der Waals surface area contributed by atoms with E-state index in [-0.39, 0.29) is 6.10 Å². The van der Waals surface area contributed by atoms with Gasteiger partial charge in [0.15, 0.2) is 0 Å². The van der Waals surface area contributed by atoms with Gasteiger partial charge in [0.25, 0.3) is 0 Å². The Hall–Kier alpha value is -0.120. The van der Waals surface area contributed by atoms with Gasteiger partial charge in [0.1, 0.15) is 0 Å². The molecule has 0 saturated carbocycles. The van der Waals surface area contributed by atoms with Crippen LogP contribution < -0.4 is 0 Å². The molecule has 0 bridgehead atoms. The lowest BCUT2D eigenvalue weighted by molar-refractivity contribution is 0.127. The third kappa shape index (κ3) is 2.42. The Morgan fingerprint density at radius 1 is 1.15 bits per heavy atom. The second-order valence-corrected chi connectivity index (χ2v) is 4.13. The third-order valence-electron chi connectivity index (χ3n) is 3.13. The number of aliphatic hydroxyl groups is 1. The number of hydrogen-bond acceptors (Lipinski definition) is 3. The van der Waals surface area contributed by atoms with Gasteiger partial charge in [-0.3, -0.25) is 4.90 Å². The zero-order valence-corrected chi connectivity index (χ0v) is 8.11. The lowest BCUT2D eigenvalue weighted by Crippen LogP contribution is -2.34. The van der Waals surface area contributed by atoms with Crippen molar-refractivity contribution >= 4 is 0 Å². The molecule has 0 radical (unpaired) electrons. The first-order chi connectivity index (χ1) is 6.36. The first kappa shape index (κ1) is 9.44. The average molecular weight is 185 g/mol. The van der Waals surface area contributed by atoms with E-state index in [2.05, 4.69) is 4.90 Å². The molecule has 2 aliphatic heterocycles. The van der Waals surface area contributed by atoms with Gasteiger partial charge in [0.05, 0.1) is 6.10 Å². The second-order valence-electron chi connectivity index (χ2n) is 4.13. The molecule has 0 aromatic carbocycles. The van der Waals surface area contributed by atoms with Gasteiger partial charge < -0.3 is 9.84 Å². The van der Waals surface area contributed by atoms with E-state index in [9.17, 15) is 5.11 Å². The molecule has 1 N–H and O–H groups in total. The van der Waals surface area contributed by atoms with Crippen LogP contribution in [-0.4, -0.2) is 48.5 Å². The van der Waals surface area contributed by atoms with Crippen molar-refractivity contribution in [3.63, 3.8) is 0 Å². The summed E-state index contributed by atoms with van der Waals surface area (Å²) in [5, 5.41) is 9.43. The number of aliphatic hydroxyl groups excluding tert-OH is 1. The van der Waals surface area contributed by atoms with Crippen LogP contribution in [0.2, 0.25) is 0 Å². The summed E-state index contributed by atoms with van der Waals surface area (Å²) in [5.41, 5.74) is 0. The van der Waals surface area contributed by atoms with Gasteiger partial charge in [0.2, 0.25) is 0 Å². The Balaban J connectivity index is 1.84. The molecule has 0 spiro atoms. The molecule has 0 aromatic heterocycles. The lowest BCUT2D eigenvalue weighted by Gasteiger charge is -2.25. The molecule has 0 aromatic rings. The highest BCUT2D eigenvalue weighted by atomic mass is 16.5. The molecule has 2 heterocycles. The SMILES string of the molecule is O[C@H]1CCN(C2CCCOCC2)C1. The number of β-amino-alcohol motifs (C(OH)–C–C–N with tert-alkyl or cyclic N) is 1. The van der Waals surface area contributed by atoms with Crippen LogP contribution in [0.25, 0.3) is 0 Å². The molecule has 76 valence electrons. The van der Waals surface area contributed by atoms with Gasteiger partial charge in [-0.1, -0.05) is 0 Å². The Bertz CT molecular complexity index is 155. The molecule has 2 saturated heterocycles. The lowest BCUT2D eigenvalue weighted by atomic mass is 10.1. The van der Waals surface area contributed by atoms with Crippen molar-refractivity contribution in [1.29, 1.82) is 0 Å². The summed E-state index contributed by atoms with van der Waals surface area (Å²) >= 11 is 0. The fourth-order valence-electron chi connectivity index (χ4n) is 2.35. The van der Waals surface area contributed by atoms with Gasteiger partial charge in [-0.25, -0.2) is 0 Å². The maximum atomic E-state index is 9.43. The van der Waals surface area contributed by atoms with E-state index in [0.29, 0.717) is 6.04 Å². The molecular weight excluding hydrogens is 166 g/mol. The van der Waals surface area contributed by atoms with Gasteiger partial charge in [-0.2, -0.15) is 0 Å². The van der Waals surface area contributed by atoms with Gasteiger partial charge in [-0.05, 0) is 25.7 Å². The Kier molecular flexibility index (Phi) is 3.19. The fourth-order valence-corrected chi connectivity index (χ4v) is 2.35.